The molecule has 0 saturated heterocycles. The van der Waals surface area contributed by atoms with Crippen molar-refractivity contribution < 1.29 is 20.1 Å². The zero-order valence-electron chi connectivity index (χ0n) is 6.96. The highest BCUT2D eigenvalue weighted by Gasteiger charge is 2.14. The summed E-state index contributed by atoms with van der Waals surface area (Å²) in [6.07, 6.45) is -1.58. The van der Waals surface area contributed by atoms with Crippen molar-refractivity contribution in [2.24, 2.45) is 11.5 Å². The molecule has 0 aliphatic rings. The highest BCUT2D eigenvalue weighted by Crippen LogP contribution is 2.04. The molecule has 0 saturated carbocycles. The molecule has 0 amide bonds. The molecule has 13 heavy (non-hydrogen) atoms. The molecular weight excluding hydrogens is 196 g/mol. The van der Waals surface area contributed by atoms with E-state index in [0.717, 1.165) is 0 Å². The Morgan fingerprint density at radius 3 is 2.23 bits per heavy atom. The van der Waals surface area contributed by atoms with Gasteiger partial charge in [-0.25, -0.2) is 0 Å². The lowest BCUT2D eigenvalue weighted by Crippen LogP contribution is -2.38. The Labute approximate surface area is 79.9 Å². The average Bonchev–Trinajstić information content (AvgIpc) is 2.03. The summed E-state index contributed by atoms with van der Waals surface area (Å²) < 4.78 is 0. The standard InChI is InChI=1S/C6H14N2O4S/c7-3(5(9)10)1-13-2-4(8)6(11)12/h3-5,9-10H,1-2,7-8H2,(H,11,12)/t3-,4-/m0/s1. The van der Waals surface area contributed by atoms with Gasteiger partial charge in [0.25, 0.3) is 0 Å². The fourth-order valence-electron chi connectivity index (χ4n) is 0.488. The van der Waals surface area contributed by atoms with Crippen LogP contribution in [0.5, 0.6) is 0 Å². The molecule has 0 heterocycles. The average molecular weight is 210 g/mol. The summed E-state index contributed by atoms with van der Waals surface area (Å²) in [5, 5.41) is 25.5. The molecule has 0 bridgehead atoms. The van der Waals surface area contributed by atoms with E-state index in [-0.39, 0.29) is 11.5 Å². The van der Waals surface area contributed by atoms with Crippen molar-refractivity contribution in [2.45, 2.75) is 18.4 Å². The van der Waals surface area contributed by atoms with Crippen LogP contribution in [0.2, 0.25) is 0 Å². The van der Waals surface area contributed by atoms with Crippen LogP contribution in [0.4, 0.5) is 0 Å². The second-order valence-corrected chi connectivity index (χ2v) is 3.63. The molecule has 7 N–H and O–H groups in total. The van der Waals surface area contributed by atoms with Gasteiger partial charge < -0.3 is 26.8 Å². The van der Waals surface area contributed by atoms with Gasteiger partial charge in [0, 0.05) is 11.5 Å². The first-order chi connectivity index (χ1) is 5.95. The number of nitrogens with two attached hydrogens (primary N) is 2. The normalized spacial score (nSPS) is 15.8. The largest absolute Gasteiger partial charge is 0.480 e. The number of aliphatic carboxylic acids is 1. The molecule has 7 heteroatoms. The van der Waals surface area contributed by atoms with Crippen LogP contribution in [0.3, 0.4) is 0 Å². The van der Waals surface area contributed by atoms with E-state index in [4.69, 9.17) is 26.8 Å². The molecule has 0 unspecified atom stereocenters. The topological polar surface area (TPSA) is 130 Å². The molecule has 0 spiro atoms. The predicted octanol–water partition coefficient (Wildman–Crippen LogP) is -2.23. The maximum absolute atomic E-state index is 10.2. The number of thioether (sulfide) groups is 1. The highest BCUT2D eigenvalue weighted by molar-refractivity contribution is 7.99. The smallest absolute Gasteiger partial charge is 0.321 e. The summed E-state index contributed by atoms with van der Waals surface area (Å²) in [5.41, 5.74) is 10.5. The van der Waals surface area contributed by atoms with Crippen molar-refractivity contribution in [3.05, 3.63) is 0 Å². The van der Waals surface area contributed by atoms with Crippen molar-refractivity contribution in [1.82, 2.24) is 0 Å². The van der Waals surface area contributed by atoms with Crippen molar-refractivity contribution in [2.75, 3.05) is 11.5 Å². The Hall–Kier alpha value is -0.340. The lowest BCUT2D eigenvalue weighted by molar-refractivity contribution is -0.137. The van der Waals surface area contributed by atoms with Crippen LogP contribution in [-0.2, 0) is 4.79 Å². The van der Waals surface area contributed by atoms with Crippen LogP contribution in [0.15, 0.2) is 0 Å². The molecule has 2 atom stereocenters. The number of carboxylic acid groups (broad SMARTS) is 1. The first-order valence-corrected chi connectivity index (χ1v) is 4.78. The summed E-state index contributed by atoms with van der Waals surface area (Å²) in [6.45, 7) is 0. The van der Waals surface area contributed by atoms with E-state index in [1.54, 1.807) is 0 Å². The van der Waals surface area contributed by atoms with E-state index in [9.17, 15) is 4.79 Å². The van der Waals surface area contributed by atoms with Gasteiger partial charge in [-0.2, -0.15) is 11.8 Å². The third kappa shape index (κ3) is 5.83. The number of carbonyl (C=O) groups is 1. The van der Waals surface area contributed by atoms with Gasteiger partial charge in [-0.1, -0.05) is 0 Å². The fraction of sp³-hybridized carbons (Fsp3) is 0.833. The summed E-state index contributed by atoms with van der Waals surface area (Å²) >= 11 is 1.18. The van der Waals surface area contributed by atoms with E-state index < -0.39 is 24.3 Å². The summed E-state index contributed by atoms with van der Waals surface area (Å²) in [7, 11) is 0. The van der Waals surface area contributed by atoms with Gasteiger partial charge in [0.05, 0.1) is 6.04 Å². The van der Waals surface area contributed by atoms with E-state index in [2.05, 4.69) is 0 Å². The summed E-state index contributed by atoms with van der Waals surface area (Å²) in [6, 6.07) is -1.71. The van der Waals surface area contributed by atoms with Crippen molar-refractivity contribution in [1.29, 1.82) is 0 Å². The quantitative estimate of drug-likeness (QED) is 0.314. The minimum Gasteiger partial charge on any atom is -0.480 e. The van der Waals surface area contributed by atoms with E-state index in [1.165, 1.54) is 11.8 Å². The van der Waals surface area contributed by atoms with Crippen molar-refractivity contribution in [3.8, 4) is 0 Å². The first kappa shape index (κ1) is 12.7. The Morgan fingerprint density at radius 2 is 1.85 bits per heavy atom. The molecular formula is C6H14N2O4S. The number of aliphatic hydroxyl groups is 2. The molecule has 0 radical (unpaired) electrons. The highest BCUT2D eigenvalue weighted by atomic mass is 32.2. The Kier molecular flexibility index (Phi) is 6.00. The van der Waals surface area contributed by atoms with Crippen LogP contribution >= 0.6 is 11.8 Å². The predicted molar refractivity (Wildman–Crippen MR) is 49.1 cm³/mol. The Balaban J connectivity index is 3.50. The molecule has 0 aromatic heterocycles. The third-order valence-electron chi connectivity index (χ3n) is 1.31. The van der Waals surface area contributed by atoms with Crippen LogP contribution in [0, 0.1) is 0 Å². The van der Waals surface area contributed by atoms with Gasteiger partial charge >= 0.3 is 5.97 Å². The summed E-state index contributed by atoms with van der Waals surface area (Å²) in [4.78, 5) is 10.2. The molecule has 6 nitrogen and oxygen atoms in total. The number of hydrogen-bond donors (Lipinski definition) is 5. The van der Waals surface area contributed by atoms with Gasteiger partial charge in [0.2, 0.25) is 0 Å². The monoisotopic (exact) mass is 210 g/mol. The fourth-order valence-corrected chi connectivity index (χ4v) is 1.47. The van der Waals surface area contributed by atoms with Crippen molar-refractivity contribution >= 4 is 17.7 Å². The van der Waals surface area contributed by atoms with E-state index in [1.807, 2.05) is 0 Å². The van der Waals surface area contributed by atoms with Gasteiger partial charge in [-0.3, -0.25) is 4.79 Å². The maximum Gasteiger partial charge on any atom is 0.321 e. The molecule has 78 valence electrons. The zero-order chi connectivity index (χ0) is 10.4. The van der Waals surface area contributed by atoms with Gasteiger partial charge in [0.1, 0.15) is 6.04 Å². The first-order valence-electron chi connectivity index (χ1n) is 3.63. The minimum atomic E-state index is -1.58. The van der Waals surface area contributed by atoms with E-state index in [0.29, 0.717) is 0 Å². The van der Waals surface area contributed by atoms with Crippen LogP contribution < -0.4 is 11.5 Å². The molecule has 0 aliphatic heterocycles. The van der Waals surface area contributed by atoms with Gasteiger partial charge in [-0.15, -0.1) is 0 Å². The molecule has 0 aliphatic carbocycles. The maximum atomic E-state index is 10.2. The lowest BCUT2D eigenvalue weighted by atomic mass is 10.3. The van der Waals surface area contributed by atoms with E-state index >= 15 is 0 Å². The minimum absolute atomic E-state index is 0.204. The second-order valence-electron chi connectivity index (χ2n) is 2.56. The number of carboxylic acids is 1. The zero-order valence-corrected chi connectivity index (χ0v) is 7.78. The number of hydrogen-bond acceptors (Lipinski definition) is 6. The van der Waals surface area contributed by atoms with Crippen molar-refractivity contribution in [3.63, 3.8) is 0 Å². The Bertz CT molecular complexity index is 167. The van der Waals surface area contributed by atoms with Crippen LogP contribution in [-0.4, -0.2) is 51.2 Å². The second kappa shape index (κ2) is 6.17. The number of rotatable bonds is 6. The SMILES string of the molecule is N[C@@H](CSC[C@H](N)C(O)O)C(=O)O. The van der Waals surface area contributed by atoms with Gasteiger partial charge in [0.15, 0.2) is 6.29 Å². The molecule has 0 fully saturated rings. The number of aliphatic hydroxyl groups excluding tert-OH is 1. The molecule has 0 rings (SSSR count). The Morgan fingerprint density at radius 1 is 1.31 bits per heavy atom. The van der Waals surface area contributed by atoms with Crippen LogP contribution in [0.1, 0.15) is 0 Å². The third-order valence-corrected chi connectivity index (χ3v) is 2.52. The summed E-state index contributed by atoms with van der Waals surface area (Å²) in [5.74, 6) is -0.611. The molecule has 0 aromatic carbocycles. The lowest BCUT2D eigenvalue weighted by Gasteiger charge is -2.13. The molecule has 0 aromatic rings. The van der Waals surface area contributed by atoms with Crippen LogP contribution in [0.25, 0.3) is 0 Å². The van der Waals surface area contributed by atoms with Gasteiger partial charge in [-0.05, 0) is 0 Å².